The first-order valence-electron chi connectivity index (χ1n) is 8.68. The van der Waals surface area contributed by atoms with Gasteiger partial charge in [-0.1, -0.05) is 30.3 Å². The van der Waals surface area contributed by atoms with E-state index in [4.69, 9.17) is 11.1 Å². The van der Waals surface area contributed by atoms with Gasteiger partial charge < -0.3 is 21.4 Å². The number of nitrogens with one attached hydrogen (secondary N) is 3. The lowest BCUT2D eigenvalue weighted by Gasteiger charge is -2.30. The van der Waals surface area contributed by atoms with Crippen LogP contribution in [0.5, 0.6) is 0 Å². The van der Waals surface area contributed by atoms with E-state index in [1.165, 1.54) is 11.6 Å². The van der Waals surface area contributed by atoms with E-state index in [1.54, 1.807) is 12.3 Å². The molecule has 1 fully saturated rings. The Morgan fingerprint density at radius 2 is 1.92 bits per heavy atom. The van der Waals surface area contributed by atoms with E-state index in [-0.39, 0.29) is 5.56 Å². The molecule has 5 nitrogen and oxygen atoms in total. The van der Waals surface area contributed by atoms with E-state index in [9.17, 15) is 4.79 Å². The van der Waals surface area contributed by atoms with Crippen molar-refractivity contribution < 1.29 is 0 Å². The molecule has 25 heavy (non-hydrogen) atoms. The Kier molecular flexibility index (Phi) is 5.33. The molecule has 0 atom stereocenters. The lowest BCUT2D eigenvalue weighted by molar-refractivity contribution is 0.412. The normalized spacial score (nSPS) is 20.9. The quantitative estimate of drug-likeness (QED) is 0.630. The first kappa shape index (κ1) is 17.0. The summed E-state index contributed by atoms with van der Waals surface area (Å²) in [7, 11) is 0. The molecule has 1 saturated carbocycles. The standard InChI is InChI=1S/C20H24N4O/c21-11-10-18(22)16-12-19(20(25)23-13-16)24-17-8-6-15(7-9-17)14-4-2-1-3-5-14/h1-5,10-13,15,17,21,24H,6-9,22H2,(H,23,25). The monoisotopic (exact) mass is 336 g/mol. The fourth-order valence-corrected chi connectivity index (χ4v) is 3.46. The molecule has 1 aromatic heterocycles. The molecular formula is C20H24N4O. The van der Waals surface area contributed by atoms with Gasteiger partial charge in [-0.15, -0.1) is 0 Å². The molecule has 1 aliphatic carbocycles. The van der Waals surface area contributed by atoms with Crippen LogP contribution in [0.2, 0.25) is 0 Å². The molecule has 1 aromatic carbocycles. The summed E-state index contributed by atoms with van der Waals surface area (Å²) < 4.78 is 0. The first-order valence-corrected chi connectivity index (χ1v) is 8.68. The number of aromatic amines is 1. The van der Waals surface area contributed by atoms with Crippen molar-refractivity contribution in [1.29, 1.82) is 5.41 Å². The predicted octanol–water partition coefficient (Wildman–Crippen LogP) is 3.46. The van der Waals surface area contributed by atoms with Crippen LogP contribution >= 0.6 is 0 Å². The molecule has 0 amide bonds. The summed E-state index contributed by atoms with van der Waals surface area (Å²) in [6, 6.07) is 12.7. The van der Waals surface area contributed by atoms with E-state index in [0.29, 0.717) is 28.9 Å². The highest BCUT2D eigenvalue weighted by atomic mass is 16.1. The van der Waals surface area contributed by atoms with Gasteiger partial charge in [-0.05, 0) is 49.3 Å². The number of nitrogens with two attached hydrogens (primary N) is 1. The van der Waals surface area contributed by atoms with Crippen molar-refractivity contribution in [3.63, 3.8) is 0 Å². The molecule has 3 rings (SSSR count). The van der Waals surface area contributed by atoms with Crippen LogP contribution in [0.15, 0.2) is 53.5 Å². The van der Waals surface area contributed by atoms with E-state index in [1.807, 2.05) is 0 Å². The van der Waals surface area contributed by atoms with Crippen LogP contribution < -0.4 is 16.6 Å². The van der Waals surface area contributed by atoms with Gasteiger partial charge in [-0.3, -0.25) is 4.79 Å². The predicted molar refractivity (Wildman–Crippen MR) is 103 cm³/mol. The Balaban J connectivity index is 1.66. The summed E-state index contributed by atoms with van der Waals surface area (Å²) in [5.74, 6) is 0.607. The van der Waals surface area contributed by atoms with Crippen LogP contribution in [-0.4, -0.2) is 17.2 Å². The molecule has 0 saturated heterocycles. The van der Waals surface area contributed by atoms with Crippen LogP contribution in [0.25, 0.3) is 5.70 Å². The average Bonchev–Trinajstić information content (AvgIpc) is 2.65. The number of H-pyrrole nitrogens is 1. The van der Waals surface area contributed by atoms with E-state index >= 15 is 0 Å². The molecule has 1 heterocycles. The fourth-order valence-electron chi connectivity index (χ4n) is 3.46. The Labute approximate surface area is 147 Å². The van der Waals surface area contributed by atoms with Crippen molar-refractivity contribution in [1.82, 2.24) is 4.98 Å². The molecule has 130 valence electrons. The molecular weight excluding hydrogens is 312 g/mol. The van der Waals surface area contributed by atoms with Crippen LogP contribution in [0.4, 0.5) is 5.69 Å². The molecule has 2 aromatic rings. The highest BCUT2D eigenvalue weighted by Gasteiger charge is 2.22. The van der Waals surface area contributed by atoms with Crippen LogP contribution in [0.1, 0.15) is 42.7 Å². The number of pyridine rings is 1. The zero-order chi connectivity index (χ0) is 17.6. The van der Waals surface area contributed by atoms with Crippen molar-refractivity contribution in [2.24, 2.45) is 5.73 Å². The van der Waals surface area contributed by atoms with Gasteiger partial charge >= 0.3 is 0 Å². The van der Waals surface area contributed by atoms with Crippen molar-refractivity contribution >= 4 is 17.6 Å². The van der Waals surface area contributed by atoms with E-state index in [0.717, 1.165) is 31.9 Å². The second kappa shape index (κ2) is 7.83. The number of hydrogen-bond acceptors (Lipinski definition) is 4. The van der Waals surface area contributed by atoms with Crippen molar-refractivity contribution in [2.45, 2.75) is 37.6 Å². The second-order valence-electron chi connectivity index (χ2n) is 6.52. The molecule has 0 spiro atoms. The lowest BCUT2D eigenvalue weighted by Crippen LogP contribution is -2.28. The molecule has 0 radical (unpaired) electrons. The maximum absolute atomic E-state index is 12.1. The van der Waals surface area contributed by atoms with Gasteiger partial charge in [0.25, 0.3) is 5.56 Å². The summed E-state index contributed by atoms with van der Waals surface area (Å²) in [4.78, 5) is 14.8. The maximum Gasteiger partial charge on any atom is 0.271 e. The van der Waals surface area contributed by atoms with Gasteiger partial charge in [0.2, 0.25) is 0 Å². The smallest absolute Gasteiger partial charge is 0.271 e. The molecule has 5 N–H and O–H groups in total. The zero-order valence-electron chi connectivity index (χ0n) is 14.2. The Bertz CT molecular complexity index is 802. The Morgan fingerprint density at radius 3 is 2.60 bits per heavy atom. The van der Waals surface area contributed by atoms with Crippen LogP contribution in [0.3, 0.4) is 0 Å². The molecule has 0 unspecified atom stereocenters. The third-order valence-electron chi connectivity index (χ3n) is 4.86. The number of aromatic nitrogens is 1. The topological polar surface area (TPSA) is 94.8 Å². The third-order valence-corrected chi connectivity index (χ3v) is 4.86. The SMILES string of the molecule is N=CC=C(N)c1c[nH]c(=O)c(NC2CCC(c3ccccc3)CC2)c1. The summed E-state index contributed by atoms with van der Waals surface area (Å²) in [6.07, 6.45) is 8.53. The molecule has 0 aliphatic heterocycles. The molecule has 5 heteroatoms. The zero-order valence-corrected chi connectivity index (χ0v) is 14.2. The number of benzene rings is 1. The van der Waals surface area contributed by atoms with Gasteiger partial charge in [0.1, 0.15) is 5.69 Å². The van der Waals surface area contributed by atoms with E-state index in [2.05, 4.69) is 40.6 Å². The van der Waals surface area contributed by atoms with Gasteiger partial charge in [0.15, 0.2) is 0 Å². The highest BCUT2D eigenvalue weighted by molar-refractivity contribution is 5.81. The lowest BCUT2D eigenvalue weighted by atomic mass is 9.82. The minimum atomic E-state index is -0.142. The second-order valence-corrected chi connectivity index (χ2v) is 6.52. The van der Waals surface area contributed by atoms with Gasteiger partial charge in [-0.2, -0.15) is 0 Å². The van der Waals surface area contributed by atoms with Gasteiger partial charge in [0, 0.05) is 29.7 Å². The first-order chi connectivity index (χ1) is 12.2. The number of anilines is 1. The van der Waals surface area contributed by atoms with Gasteiger partial charge in [0.05, 0.1) is 0 Å². The fraction of sp³-hybridized carbons (Fsp3) is 0.300. The number of allylic oxidation sites excluding steroid dienone is 1. The van der Waals surface area contributed by atoms with E-state index < -0.39 is 0 Å². The Hall–Kier alpha value is -2.82. The summed E-state index contributed by atoms with van der Waals surface area (Å²) in [5.41, 5.74) is 8.88. The average molecular weight is 336 g/mol. The number of hydrogen-bond donors (Lipinski definition) is 4. The minimum absolute atomic E-state index is 0.142. The van der Waals surface area contributed by atoms with Crippen molar-refractivity contribution in [2.75, 3.05) is 5.32 Å². The molecule has 1 aliphatic rings. The van der Waals surface area contributed by atoms with Crippen molar-refractivity contribution in [3.8, 4) is 0 Å². The molecule has 0 bridgehead atoms. The van der Waals surface area contributed by atoms with Crippen molar-refractivity contribution in [3.05, 3.63) is 70.2 Å². The van der Waals surface area contributed by atoms with Crippen LogP contribution in [-0.2, 0) is 0 Å². The summed E-state index contributed by atoms with van der Waals surface area (Å²) in [5, 5.41) is 10.5. The summed E-state index contributed by atoms with van der Waals surface area (Å²) >= 11 is 0. The van der Waals surface area contributed by atoms with Crippen LogP contribution in [0, 0.1) is 5.41 Å². The highest BCUT2D eigenvalue weighted by Crippen LogP contribution is 2.33. The Morgan fingerprint density at radius 1 is 1.20 bits per heavy atom. The third kappa shape index (κ3) is 4.18. The number of rotatable bonds is 5. The largest absolute Gasteiger partial charge is 0.398 e. The summed E-state index contributed by atoms with van der Waals surface area (Å²) in [6.45, 7) is 0. The minimum Gasteiger partial charge on any atom is -0.398 e. The maximum atomic E-state index is 12.1. The van der Waals surface area contributed by atoms with Gasteiger partial charge in [-0.25, -0.2) is 0 Å².